The maximum atomic E-state index is 9.98. The van der Waals surface area contributed by atoms with Crippen molar-refractivity contribution in [3.8, 4) is 12.3 Å². The van der Waals surface area contributed by atoms with Crippen molar-refractivity contribution in [1.82, 2.24) is 4.90 Å². The molecule has 0 aliphatic rings. The molecule has 110 valence electrons. The molecule has 3 nitrogen and oxygen atoms in total. The number of benzene rings is 1. The fourth-order valence-corrected chi connectivity index (χ4v) is 1.96. The summed E-state index contributed by atoms with van der Waals surface area (Å²) >= 11 is 0. The van der Waals surface area contributed by atoms with Gasteiger partial charge in [-0.05, 0) is 26.3 Å². The third-order valence-corrected chi connectivity index (χ3v) is 3.18. The van der Waals surface area contributed by atoms with Crippen LogP contribution in [0.1, 0.15) is 25.0 Å². The zero-order valence-corrected chi connectivity index (χ0v) is 12.7. The van der Waals surface area contributed by atoms with E-state index in [1.807, 2.05) is 0 Å². The number of aliphatic hydroxyl groups is 1. The molecule has 0 aliphatic carbocycles. The second-order valence-electron chi connectivity index (χ2n) is 5.38. The van der Waals surface area contributed by atoms with E-state index in [9.17, 15) is 5.11 Å². The summed E-state index contributed by atoms with van der Waals surface area (Å²) in [7, 11) is 0. The average Bonchev–Trinajstić information content (AvgIpc) is 2.40. The number of aliphatic hydroxyl groups excluding tert-OH is 1. The Labute approximate surface area is 122 Å². The van der Waals surface area contributed by atoms with Crippen LogP contribution in [0.3, 0.4) is 0 Å². The van der Waals surface area contributed by atoms with Gasteiger partial charge in [-0.25, -0.2) is 0 Å². The van der Waals surface area contributed by atoms with Gasteiger partial charge in [0.15, 0.2) is 0 Å². The molecule has 0 saturated heterocycles. The predicted octanol–water partition coefficient (Wildman–Crippen LogP) is 2.22. The van der Waals surface area contributed by atoms with Crippen LogP contribution in [-0.4, -0.2) is 41.9 Å². The first-order valence-corrected chi connectivity index (χ1v) is 7.01. The Balaban J connectivity index is 2.52. The van der Waals surface area contributed by atoms with E-state index in [1.54, 1.807) is 0 Å². The van der Waals surface area contributed by atoms with Crippen molar-refractivity contribution in [3.63, 3.8) is 0 Å². The molecule has 3 heteroatoms. The maximum Gasteiger partial charge on any atom is 0.107 e. The first-order chi connectivity index (χ1) is 9.52. The summed E-state index contributed by atoms with van der Waals surface area (Å²) < 4.78 is 5.18. The fraction of sp³-hybridized carbons (Fsp3) is 0.529. The van der Waals surface area contributed by atoms with Crippen LogP contribution in [-0.2, 0) is 11.3 Å². The number of hydrogen-bond donors (Lipinski definition) is 1. The van der Waals surface area contributed by atoms with E-state index in [2.05, 4.69) is 55.9 Å². The molecule has 1 aromatic rings. The highest BCUT2D eigenvalue weighted by Crippen LogP contribution is 2.10. The van der Waals surface area contributed by atoms with Gasteiger partial charge in [0.25, 0.3) is 0 Å². The molecule has 1 N–H and O–H groups in total. The molecule has 0 heterocycles. The molecule has 0 fully saturated rings. The lowest BCUT2D eigenvalue weighted by atomic mass is 10.1. The maximum absolute atomic E-state index is 9.98. The van der Waals surface area contributed by atoms with E-state index in [0.29, 0.717) is 12.6 Å². The largest absolute Gasteiger partial charge is 0.389 e. The van der Waals surface area contributed by atoms with Gasteiger partial charge in [0.1, 0.15) is 6.61 Å². The Bertz CT molecular complexity index is 420. The summed E-state index contributed by atoms with van der Waals surface area (Å²) in [5.74, 6) is 2.40. The third-order valence-electron chi connectivity index (χ3n) is 3.18. The van der Waals surface area contributed by atoms with Crippen molar-refractivity contribution in [3.05, 3.63) is 35.4 Å². The predicted molar refractivity (Wildman–Crippen MR) is 82.4 cm³/mol. The molecule has 1 rings (SSSR count). The molecule has 0 aromatic heterocycles. The highest BCUT2D eigenvalue weighted by molar-refractivity contribution is 5.21. The lowest BCUT2D eigenvalue weighted by molar-refractivity contribution is 0.0192. The summed E-state index contributed by atoms with van der Waals surface area (Å²) in [6.07, 6.45) is 4.59. The van der Waals surface area contributed by atoms with Gasteiger partial charge in [0, 0.05) is 19.1 Å². The van der Waals surface area contributed by atoms with Crippen molar-refractivity contribution >= 4 is 0 Å². The van der Waals surface area contributed by atoms with E-state index in [-0.39, 0.29) is 13.2 Å². The quantitative estimate of drug-likeness (QED) is 0.583. The highest BCUT2D eigenvalue weighted by atomic mass is 16.5. The Morgan fingerprint density at radius 3 is 2.50 bits per heavy atom. The molecule has 0 aliphatic heterocycles. The lowest BCUT2D eigenvalue weighted by Crippen LogP contribution is -2.38. The van der Waals surface area contributed by atoms with Gasteiger partial charge in [-0.3, -0.25) is 4.90 Å². The summed E-state index contributed by atoms with van der Waals surface area (Å²) in [6.45, 7) is 8.27. The van der Waals surface area contributed by atoms with E-state index in [1.165, 1.54) is 11.1 Å². The van der Waals surface area contributed by atoms with Crippen LogP contribution >= 0.6 is 0 Å². The minimum absolute atomic E-state index is 0.247. The van der Waals surface area contributed by atoms with E-state index < -0.39 is 6.10 Å². The molecule has 1 atom stereocenters. The minimum Gasteiger partial charge on any atom is -0.389 e. The summed E-state index contributed by atoms with van der Waals surface area (Å²) in [5, 5.41) is 9.98. The molecule has 0 radical (unpaired) electrons. The third kappa shape index (κ3) is 6.21. The summed E-state index contributed by atoms with van der Waals surface area (Å²) in [4.78, 5) is 2.23. The Morgan fingerprint density at radius 2 is 1.95 bits per heavy atom. The molecular weight excluding hydrogens is 250 g/mol. The van der Waals surface area contributed by atoms with Crippen LogP contribution in [0.4, 0.5) is 0 Å². The molecule has 1 aromatic carbocycles. The van der Waals surface area contributed by atoms with Crippen molar-refractivity contribution in [2.24, 2.45) is 0 Å². The van der Waals surface area contributed by atoms with Gasteiger partial charge in [0.2, 0.25) is 0 Å². The van der Waals surface area contributed by atoms with Crippen LogP contribution in [0.25, 0.3) is 0 Å². The van der Waals surface area contributed by atoms with Gasteiger partial charge >= 0.3 is 0 Å². The standard InChI is InChI=1S/C17H25NO2/c1-5-10-20-13-17(19)12-18(14(2)3)11-16-8-6-15(4)7-9-16/h1,6-9,14,17,19H,10-13H2,2-4H3. The monoisotopic (exact) mass is 275 g/mol. The SMILES string of the molecule is C#CCOCC(O)CN(Cc1ccc(C)cc1)C(C)C. The highest BCUT2D eigenvalue weighted by Gasteiger charge is 2.15. The second-order valence-corrected chi connectivity index (χ2v) is 5.38. The number of rotatable bonds is 8. The van der Waals surface area contributed by atoms with Gasteiger partial charge in [-0.2, -0.15) is 0 Å². The average molecular weight is 275 g/mol. The van der Waals surface area contributed by atoms with Gasteiger partial charge < -0.3 is 9.84 Å². The summed E-state index contributed by atoms with van der Waals surface area (Å²) in [6, 6.07) is 8.84. The minimum atomic E-state index is -0.517. The first kappa shape index (κ1) is 16.7. The Morgan fingerprint density at radius 1 is 1.30 bits per heavy atom. The van der Waals surface area contributed by atoms with E-state index >= 15 is 0 Å². The topological polar surface area (TPSA) is 32.7 Å². The van der Waals surface area contributed by atoms with Gasteiger partial charge in [-0.15, -0.1) is 6.42 Å². The molecule has 20 heavy (non-hydrogen) atoms. The molecule has 0 amide bonds. The van der Waals surface area contributed by atoms with Crippen LogP contribution < -0.4 is 0 Å². The van der Waals surface area contributed by atoms with Gasteiger partial charge in [-0.1, -0.05) is 35.7 Å². The molecule has 0 bridgehead atoms. The normalized spacial score (nSPS) is 12.7. The van der Waals surface area contributed by atoms with Crippen LogP contribution in [0, 0.1) is 19.3 Å². The lowest BCUT2D eigenvalue weighted by Gasteiger charge is -2.28. The Hall–Kier alpha value is -1.34. The van der Waals surface area contributed by atoms with E-state index in [4.69, 9.17) is 11.2 Å². The second kappa shape index (κ2) is 8.76. The van der Waals surface area contributed by atoms with Crippen LogP contribution in [0.2, 0.25) is 0 Å². The first-order valence-electron chi connectivity index (χ1n) is 7.01. The molecule has 0 saturated carbocycles. The number of ether oxygens (including phenoxy) is 1. The van der Waals surface area contributed by atoms with E-state index in [0.717, 1.165) is 6.54 Å². The van der Waals surface area contributed by atoms with Crippen molar-refractivity contribution in [2.75, 3.05) is 19.8 Å². The molecule has 1 unspecified atom stereocenters. The van der Waals surface area contributed by atoms with Crippen molar-refractivity contribution in [2.45, 2.75) is 39.5 Å². The number of terminal acetylenes is 1. The Kier molecular flexibility index (Phi) is 7.32. The summed E-state index contributed by atoms with van der Waals surface area (Å²) in [5.41, 5.74) is 2.51. The zero-order valence-electron chi connectivity index (χ0n) is 12.7. The smallest absolute Gasteiger partial charge is 0.107 e. The van der Waals surface area contributed by atoms with Crippen LogP contribution in [0.15, 0.2) is 24.3 Å². The number of nitrogens with zero attached hydrogens (tertiary/aromatic N) is 1. The van der Waals surface area contributed by atoms with Crippen molar-refractivity contribution in [1.29, 1.82) is 0 Å². The number of hydrogen-bond acceptors (Lipinski definition) is 3. The van der Waals surface area contributed by atoms with Crippen molar-refractivity contribution < 1.29 is 9.84 Å². The van der Waals surface area contributed by atoms with Crippen LogP contribution in [0.5, 0.6) is 0 Å². The molecular formula is C17H25NO2. The number of aryl methyl sites for hydroxylation is 1. The molecule has 0 spiro atoms. The fourth-order valence-electron chi connectivity index (χ4n) is 1.96. The van der Waals surface area contributed by atoms with Gasteiger partial charge in [0.05, 0.1) is 12.7 Å². The zero-order chi connectivity index (χ0) is 15.0.